The van der Waals surface area contributed by atoms with Crippen LogP contribution < -0.4 is 10.6 Å². The number of fused-ring (bicyclic) bond motifs is 1. The van der Waals surface area contributed by atoms with Crippen LogP contribution in [0.2, 0.25) is 0 Å². The molecule has 5 rings (SSSR count). The number of nitrogens with one attached hydrogen (secondary N) is 2. The highest BCUT2D eigenvalue weighted by Crippen LogP contribution is 2.57. The normalized spacial score (nSPS) is 24.6. The second-order valence-electron chi connectivity index (χ2n) is 12.1. The zero-order valence-electron chi connectivity index (χ0n) is 26.4. The Morgan fingerprint density at radius 2 is 1.76 bits per heavy atom. The summed E-state index contributed by atoms with van der Waals surface area (Å²) in [6.45, 7) is 11.6. The lowest BCUT2D eigenvalue weighted by Gasteiger charge is -2.14. The first-order valence-corrected chi connectivity index (χ1v) is 16.1. The molecule has 11 nitrogen and oxygen atoms in total. The Balaban J connectivity index is 1.67. The number of hydrogen-bond acceptors (Lipinski definition) is 6. The lowest BCUT2D eigenvalue weighted by Crippen LogP contribution is -2.28. The minimum Gasteiger partial charge on any atom is -0.511 e. The molecule has 0 aromatic carbocycles. The molecule has 0 radical (unpaired) electrons. The van der Waals surface area contributed by atoms with Crippen LogP contribution in [0.15, 0.2) is 21.8 Å². The molecule has 2 aromatic heterocycles. The maximum Gasteiger partial charge on any atom is 0.370 e. The highest BCUT2D eigenvalue weighted by atomic mass is 32.2. The SMILES string of the molecule is CCC1=C(C)C(Cc2[nH]c(/C=c3\[nH]c(/C=C4/[C@H](CC)[C@@H](C)[C@]5(O)[SH+]N45)c(C)\c3=C(/O)CC(=O)O)c(CCC(=O)O)c2C)=NC1=O. The number of aliphatic imine (C=N–C) groups is 1. The summed E-state index contributed by atoms with van der Waals surface area (Å²) in [5.41, 5.74) is 7.57. The number of nitrogens with zero attached hydrogens (tertiary/aromatic N) is 2. The van der Waals surface area contributed by atoms with Gasteiger partial charge < -0.3 is 30.4 Å². The Morgan fingerprint density at radius 1 is 1.04 bits per heavy atom. The van der Waals surface area contributed by atoms with Crippen molar-refractivity contribution in [3.05, 3.63) is 61.2 Å². The molecule has 0 bridgehead atoms. The molecule has 2 fully saturated rings. The number of rotatable bonds is 11. The standard InChI is InChI=1S/C33H40N4O7S/c1-7-19-15(3)23(36-32(19)43)11-22-16(4)21(9-10-29(39)40)25(34-22)12-26-31(28(38)14-30(41)42)17(5)24(35-26)13-27-20(8-2)18(6)33(44)37(27)45-33/h12-13,18,20,34-35,38,44H,7-11,14H2,1-6H3,(H,39,40)(H,41,42)/p+1/b26-12-,27-13-,31-28+/t18-,20-,33+,37?/m1/s1. The molecular weight excluding hydrogens is 596 g/mol. The van der Waals surface area contributed by atoms with Gasteiger partial charge in [0, 0.05) is 46.6 Å². The van der Waals surface area contributed by atoms with Gasteiger partial charge in [-0.25, -0.2) is 4.99 Å². The number of aliphatic hydroxyl groups excluding tert-OH is 1. The summed E-state index contributed by atoms with van der Waals surface area (Å²) in [5.74, 6) is -2.46. The number of aliphatic hydroxyl groups is 2. The second kappa shape index (κ2) is 12.1. The average Bonchev–Trinajstić information content (AvgIpc) is 3.17. The molecule has 6 N–H and O–H groups in total. The number of carboxylic acids is 2. The van der Waals surface area contributed by atoms with E-state index in [-0.39, 0.29) is 36.3 Å². The van der Waals surface area contributed by atoms with E-state index in [2.05, 4.69) is 21.9 Å². The Labute approximate surface area is 265 Å². The number of carboxylic acid groups (broad SMARTS) is 2. The molecule has 0 spiro atoms. The number of aliphatic carboxylic acids is 2. The molecule has 0 unspecified atom stereocenters. The quantitative estimate of drug-likeness (QED) is 0.124. The number of hydrogen-bond donors (Lipinski definition) is 6. The maximum absolute atomic E-state index is 12.4. The summed E-state index contributed by atoms with van der Waals surface area (Å²) in [6.07, 6.45) is 5.10. The van der Waals surface area contributed by atoms with E-state index in [4.69, 9.17) is 0 Å². The van der Waals surface area contributed by atoms with E-state index in [0.717, 1.165) is 46.5 Å². The molecule has 3 atom stereocenters. The Kier molecular flexibility index (Phi) is 8.67. The number of amides is 1. The summed E-state index contributed by atoms with van der Waals surface area (Å²) in [6, 6.07) is 0. The van der Waals surface area contributed by atoms with Crippen LogP contribution in [0, 0.1) is 25.7 Å². The van der Waals surface area contributed by atoms with Crippen molar-refractivity contribution < 1.29 is 34.8 Å². The molecule has 12 heteroatoms. The van der Waals surface area contributed by atoms with Crippen LogP contribution in [0.3, 0.4) is 0 Å². The van der Waals surface area contributed by atoms with Crippen molar-refractivity contribution in [2.75, 3.05) is 0 Å². The van der Waals surface area contributed by atoms with Crippen molar-refractivity contribution in [1.29, 1.82) is 0 Å². The number of allylic oxidation sites excluding steroid dienone is 2. The Bertz CT molecular complexity index is 1830. The molecule has 2 saturated heterocycles. The molecular formula is C33H41N4O7S+. The van der Waals surface area contributed by atoms with Gasteiger partial charge >= 0.3 is 17.0 Å². The minimum absolute atomic E-state index is 0.0481. The largest absolute Gasteiger partial charge is 0.511 e. The predicted molar refractivity (Wildman–Crippen MR) is 174 cm³/mol. The van der Waals surface area contributed by atoms with Crippen LogP contribution in [0.4, 0.5) is 0 Å². The van der Waals surface area contributed by atoms with E-state index in [9.17, 15) is 34.8 Å². The number of H-pyrrole nitrogens is 2. The van der Waals surface area contributed by atoms with Gasteiger partial charge in [-0.3, -0.25) is 14.4 Å². The number of carbonyl (C=O) groups excluding carboxylic acids is 1. The average molecular weight is 638 g/mol. The van der Waals surface area contributed by atoms with Gasteiger partial charge in [0.2, 0.25) is 0 Å². The third kappa shape index (κ3) is 5.77. The second-order valence-corrected chi connectivity index (χ2v) is 13.4. The summed E-state index contributed by atoms with van der Waals surface area (Å²) in [7, 11) is 0. The predicted octanol–water partition coefficient (Wildman–Crippen LogP) is 2.91. The Hall–Kier alpha value is -4.03. The van der Waals surface area contributed by atoms with Crippen LogP contribution in [-0.2, 0) is 39.2 Å². The van der Waals surface area contributed by atoms with Crippen LogP contribution in [0.5, 0.6) is 0 Å². The van der Waals surface area contributed by atoms with Crippen molar-refractivity contribution in [3.63, 3.8) is 0 Å². The number of aromatic amines is 2. The first-order chi connectivity index (χ1) is 21.2. The van der Waals surface area contributed by atoms with Gasteiger partial charge in [-0.1, -0.05) is 20.8 Å². The van der Waals surface area contributed by atoms with Gasteiger partial charge in [0.15, 0.2) is 11.9 Å². The first-order valence-electron chi connectivity index (χ1n) is 15.3. The van der Waals surface area contributed by atoms with Gasteiger partial charge in [-0.2, -0.15) is 0 Å². The highest BCUT2D eigenvalue weighted by Gasteiger charge is 2.77. The fourth-order valence-electron chi connectivity index (χ4n) is 6.79. The summed E-state index contributed by atoms with van der Waals surface area (Å²) < 4.78 is 1.96. The van der Waals surface area contributed by atoms with E-state index in [1.54, 1.807) is 6.08 Å². The fraction of sp³-hybridized carbons (Fsp3) is 0.455. The van der Waals surface area contributed by atoms with E-state index >= 15 is 0 Å². The summed E-state index contributed by atoms with van der Waals surface area (Å²) >= 11 is 0.830. The number of thiol groups is 1. The van der Waals surface area contributed by atoms with Crippen LogP contribution in [0.25, 0.3) is 17.9 Å². The molecule has 1 amide bonds. The molecule has 45 heavy (non-hydrogen) atoms. The van der Waals surface area contributed by atoms with Gasteiger partial charge in [-0.15, -0.1) is 4.31 Å². The molecule has 3 aliphatic heterocycles. The lowest BCUT2D eigenvalue weighted by atomic mass is 9.91. The van der Waals surface area contributed by atoms with Crippen molar-refractivity contribution in [1.82, 2.24) is 14.3 Å². The number of carbonyl (C=O) groups is 3. The maximum atomic E-state index is 12.4. The molecule has 0 aliphatic carbocycles. The van der Waals surface area contributed by atoms with E-state index in [1.165, 1.54) is 0 Å². The van der Waals surface area contributed by atoms with Gasteiger partial charge in [0.1, 0.15) is 12.2 Å². The van der Waals surface area contributed by atoms with Crippen LogP contribution >= 0.6 is 0 Å². The zero-order valence-corrected chi connectivity index (χ0v) is 27.3. The van der Waals surface area contributed by atoms with E-state index in [0.29, 0.717) is 51.6 Å². The zero-order chi connectivity index (χ0) is 33.0. The van der Waals surface area contributed by atoms with Gasteiger partial charge in [-0.05, 0) is 74.4 Å². The van der Waals surface area contributed by atoms with E-state index in [1.807, 2.05) is 45.0 Å². The number of aromatic nitrogens is 2. The van der Waals surface area contributed by atoms with Crippen molar-refractivity contribution in [2.45, 2.75) is 85.1 Å². The third-order valence-electron chi connectivity index (χ3n) is 9.49. The topological polar surface area (TPSA) is 179 Å². The highest BCUT2D eigenvalue weighted by molar-refractivity contribution is 7.84. The fourth-order valence-corrected chi connectivity index (χ4v) is 8.02. The van der Waals surface area contributed by atoms with Crippen LogP contribution in [-0.4, -0.2) is 63.3 Å². The summed E-state index contributed by atoms with van der Waals surface area (Å²) in [5, 5.41) is 40.9. The first kappa shape index (κ1) is 32.4. The van der Waals surface area contributed by atoms with Crippen molar-refractivity contribution >= 4 is 53.4 Å². The molecule has 2 aromatic rings. The van der Waals surface area contributed by atoms with Gasteiger partial charge in [0.05, 0.1) is 22.7 Å². The molecule has 3 aliphatic rings. The summed E-state index contributed by atoms with van der Waals surface area (Å²) in [4.78, 5) is 46.6. The molecule has 240 valence electrons. The van der Waals surface area contributed by atoms with Crippen LogP contribution in [0.1, 0.15) is 87.2 Å². The minimum atomic E-state index is -1.18. The third-order valence-corrected chi connectivity index (χ3v) is 10.9. The van der Waals surface area contributed by atoms with Gasteiger partial charge in [0.25, 0.3) is 5.91 Å². The van der Waals surface area contributed by atoms with E-state index < -0.39 is 23.4 Å². The Morgan fingerprint density at radius 3 is 2.36 bits per heavy atom. The van der Waals surface area contributed by atoms with Crippen molar-refractivity contribution in [3.8, 4) is 0 Å². The lowest BCUT2D eigenvalue weighted by molar-refractivity contribution is -0.137. The molecule has 5 heterocycles. The smallest absolute Gasteiger partial charge is 0.370 e. The molecule has 0 saturated carbocycles. The van der Waals surface area contributed by atoms with Crippen molar-refractivity contribution in [2.24, 2.45) is 16.8 Å². The monoisotopic (exact) mass is 637 g/mol.